The molecule has 1 heterocycles. The summed E-state index contributed by atoms with van der Waals surface area (Å²) in [6.07, 6.45) is 5.02. The van der Waals surface area contributed by atoms with E-state index < -0.39 is 0 Å². The lowest BCUT2D eigenvalue weighted by atomic mass is 10.1. The van der Waals surface area contributed by atoms with Crippen LogP contribution >= 0.6 is 11.8 Å². The minimum absolute atomic E-state index is 0.348. The van der Waals surface area contributed by atoms with E-state index in [1.165, 1.54) is 55.8 Å². The lowest BCUT2D eigenvalue weighted by molar-refractivity contribution is 0.331. The Labute approximate surface area is 143 Å². The first kappa shape index (κ1) is 16.4. The molecule has 1 N–H and O–H groups in total. The smallest absolute Gasteiger partial charge is 0.115 e. The van der Waals surface area contributed by atoms with Crippen LogP contribution in [0.3, 0.4) is 0 Å². The first-order valence-corrected chi connectivity index (χ1v) is 9.39. The van der Waals surface area contributed by atoms with Gasteiger partial charge < -0.3 is 10.0 Å². The number of phenolic OH excluding ortho intramolecular Hbond substituents is 1. The highest BCUT2D eigenvalue weighted by Gasteiger charge is 2.22. The maximum atomic E-state index is 9.34. The van der Waals surface area contributed by atoms with E-state index in [9.17, 15) is 5.11 Å². The second kappa shape index (κ2) is 8.42. The monoisotopic (exact) mass is 327 g/mol. The third-order valence-electron chi connectivity index (χ3n) is 4.40. The van der Waals surface area contributed by atoms with Gasteiger partial charge in [0.25, 0.3) is 0 Å². The average molecular weight is 327 g/mol. The van der Waals surface area contributed by atoms with Crippen molar-refractivity contribution in [2.45, 2.75) is 35.8 Å². The van der Waals surface area contributed by atoms with Gasteiger partial charge in [0.2, 0.25) is 0 Å². The SMILES string of the molecule is Oc1ccc(SC2CCN(CCCCc3ccccc3)C2)cc1. The fraction of sp³-hybridized carbons (Fsp3) is 0.400. The summed E-state index contributed by atoms with van der Waals surface area (Å²) in [5.74, 6) is 0.348. The summed E-state index contributed by atoms with van der Waals surface area (Å²) >= 11 is 1.95. The van der Waals surface area contributed by atoms with E-state index in [1.54, 1.807) is 12.1 Å². The van der Waals surface area contributed by atoms with Gasteiger partial charge in [-0.2, -0.15) is 0 Å². The number of nitrogens with zero attached hydrogens (tertiary/aromatic N) is 1. The van der Waals surface area contributed by atoms with E-state index in [0.29, 0.717) is 11.0 Å². The Morgan fingerprint density at radius 2 is 1.78 bits per heavy atom. The Kier molecular flexibility index (Phi) is 6.00. The molecule has 1 unspecified atom stereocenters. The van der Waals surface area contributed by atoms with Crippen molar-refractivity contribution in [1.29, 1.82) is 0 Å². The van der Waals surface area contributed by atoms with Gasteiger partial charge in [0.05, 0.1) is 0 Å². The fourth-order valence-corrected chi connectivity index (χ4v) is 4.31. The number of benzene rings is 2. The van der Waals surface area contributed by atoms with E-state index >= 15 is 0 Å². The number of unbranched alkanes of at least 4 members (excludes halogenated alkanes) is 1. The molecule has 3 heteroatoms. The van der Waals surface area contributed by atoms with Crippen LogP contribution in [0.4, 0.5) is 0 Å². The van der Waals surface area contributed by atoms with Gasteiger partial charge in [-0.15, -0.1) is 11.8 Å². The van der Waals surface area contributed by atoms with Crippen molar-refractivity contribution in [1.82, 2.24) is 4.90 Å². The molecule has 1 aliphatic rings. The summed E-state index contributed by atoms with van der Waals surface area (Å²) < 4.78 is 0. The molecule has 2 aromatic rings. The Hall–Kier alpha value is -1.45. The number of thioether (sulfide) groups is 1. The third-order valence-corrected chi connectivity index (χ3v) is 5.66. The lowest BCUT2D eigenvalue weighted by Gasteiger charge is -2.15. The van der Waals surface area contributed by atoms with E-state index in [1.807, 2.05) is 23.9 Å². The highest BCUT2D eigenvalue weighted by Crippen LogP contribution is 2.30. The van der Waals surface area contributed by atoms with Crippen LogP contribution in [-0.4, -0.2) is 34.9 Å². The molecule has 0 bridgehead atoms. The zero-order chi connectivity index (χ0) is 15.9. The van der Waals surface area contributed by atoms with E-state index in [0.717, 1.165) is 0 Å². The second-order valence-electron chi connectivity index (χ2n) is 6.27. The number of phenols is 1. The number of aryl methyl sites for hydroxylation is 1. The quantitative estimate of drug-likeness (QED) is 0.753. The molecule has 0 radical (unpaired) electrons. The van der Waals surface area contributed by atoms with Crippen LogP contribution in [0.5, 0.6) is 5.75 Å². The van der Waals surface area contributed by atoms with Gasteiger partial charge in [0.1, 0.15) is 5.75 Å². The molecule has 0 amide bonds. The summed E-state index contributed by atoms with van der Waals surface area (Å²) in [6, 6.07) is 18.4. The summed E-state index contributed by atoms with van der Waals surface area (Å²) in [6.45, 7) is 3.64. The highest BCUT2D eigenvalue weighted by atomic mass is 32.2. The summed E-state index contributed by atoms with van der Waals surface area (Å²) in [5, 5.41) is 10.0. The first-order valence-electron chi connectivity index (χ1n) is 8.51. The standard InChI is InChI=1S/C20H25NOS/c22-18-9-11-19(12-10-18)23-20-13-15-21(16-20)14-5-4-8-17-6-2-1-3-7-17/h1-3,6-7,9-12,20,22H,4-5,8,13-16H2. The summed E-state index contributed by atoms with van der Waals surface area (Å²) in [7, 11) is 0. The lowest BCUT2D eigenvalue weighted by Crippen LogP contribution is -2.22. The maximum Gasteiger partial charge on any atom is 0.115 e. The van der Waals surface area contributed by atoms with E-state index in [2.05, 4.69) is 35.2 Å². The van der Waals surface area contributed by atoms with Crippen molar-refractivity contribution in [3.05, 3.63) is 60.2 Å². The fourth-order valence-electron chi connectivity index (χ4n) is 3.12. The molecular weight excluding hydrogens is 302 g/mol. The zero-order valence-corrected chi connectivity index (χ0v) is 14.3. The minimum Gasteiger partial charge on any atom is -0.508 e. The van der Waals surface area contributed by atoms with Crippen LogP contribution < -0.4 is 0 Å². The van der Waals surface area contributed by atoms with Crippen molar-refractivity contribution in [2.24, 2.45) is 0 Å². The van der Waals surface area contributed by atoms with Gasteiger partial charge in [0.15, 0.2) is 0 Å². The molecule has 3 rings (SSSR count). The van der Waals surface area contributed by atoms with Crippen LogP contribution in [0.15, 0.2) is 59.5 Å². The van der Waals surface area contributed by atoms with E-state index in [-0.39, 0.29) is 0 Å². The summed E-state index contributed by atoms with van der Waals surface area (Å²) in [5.41, 5.74) is 1.45. The Morgan fingerprint density at radius 3 is 2.57 bits per heavy atom. The maximum absolute atomic E-state index is 9.34. The highest BCUT2D eigenvalue weighted by molar-refractivity contribution is 8.00. The number of hydrogen-bond acceptors (Lipinski definition) is 3. The van der Waals surface area contributed by atoms with Gasteiger partial charge in [0, 0.05) is 16.7 Å². The van der Waals surface area contributed by atoms with Crippen molar-refractivity contribution in [3.8, 4) is 5.75 Å². The Bertz CT molecular complexity index is 584. The molecular formula is C20H25NOS. The summed E-state index contributed by atoms with van der Waals surface area (Å²) in [4.78, 5) is 3.86. The van der Waals surface area contributed by atoms with Crippen molar-refractivity contribution < 1.29 is 5.11 Å². The van der Waals surface area contributed by atoms with Gasteiger partial charge in [-0.25, -0.2) is 0 Å². The molecule has 1 atom stereocenters. The molecule has 1 saturated heterocycles. The van der Waals surface area contributed by atoms with Gasteiger partial charge >= 0.3 is 0 Å². The number of likely N-dealkylation sites (tertiary alicyclic amines) is 1. The zero-order valence-electron chi connectivity index (χ0n) is 13.5. The average Bonchev–Trinajstić information content (AvgIpc) is 3.02. The number of aromatic hydroxyl groups is 1. The Morgan fingerprint density at radius 1 is 1.00 bits per heavy atom. The van der Waals surface area contributed by atoms with Crippen molar-refractivity contribution in [2.75, 3.05) is 19.6 Å². The Balaban J connectivity index is 1.34. The van der Waals surface area contributed by atoms with Crippen LogP contribution in [0, 0.1) is 0 Å². The topological polar surface area (TPSA) is 23.5 Å². The molecule has 0 aliphatic carbocycles. The van der Waals surface area contributed by atoms with Gasteiger partial charge in [-0.3, -0.25) is 0 Å². The largest absolute Gasteiger partial charge is 0.508 e. The minimum atomic E-state index is 0.348. The molecule has 0 spiro atoms. The first-order chi connectivity index (χ1) is 11.3. The van der Waals surface area contributed by atoms with E-state index in [4.69, 9.17) is 0 Å². The molecule has 0 aromatic heterocycles. The normalized spacial score (nSPS) is 18.3. The molecule has 122 valence electrons. The van der Waals surface area contributed by atoms with Gasteiger partial charge in [-0.05, 0) is 68.6 Å². The van der Waals surface area contributed by atoms with Crippen molar-refractivity contribution in [3.63, 3.8) is 0 Å². The number of hydrogen-bond donors (Lipinski definition) is 1. The third kappa shape index (κ3) is 5.29. The predicted octanol–water partition coefficient (Wildman–Crippen LogP) is 4.58. The molecule has 2 nitrogen and oxygen atoms in total. The second-order valence-corrected chi connectivity index (χ2v) is 7.64. The van der Waals surface area contributed by atoms with Gasteiger partial charge in [-0.1, -0.05) is 30.3 Å². The van der Waals surface area contributed by atoms with Crippen LogP contribution in [0.1, 0.15) is 24.8 Å². The predicted molar refractivity (Wildman–Crippen MR) is 98.2 cm³/mol. The molecule has 1 fully saturated rings. The van der Waals surface area contributed by atoms with Crippen molar-refractivity contribution >= 4 is 11.8 Å². The van der Waals surface area contributed by atoms with Crippen LogP contribution in [0.25, 0.3) is 0 Å². The van der Waals surface area contributed by atoms with Crippen LogP contribution in [-0.2, 0) is 6.42 Å². The molecule has 0 saturated carbocycles. The molecule has 1 aliphatic heterocycles. The molecule has 23 heavy (non-hydrogen) atoms. The molecule has 2 aromatic carbocycles. The number of rotatable bonds is 7. The van der Waals surface area contributed by atoms with Crippen LogP contribution in [0.2, 0.25) is 0 Å².